The fraction of sp³-hybridized carbons (Fsp3) is 0.667. The highest BCUT2D eigenvalue weighted by Gasteiger charge is 2.60. The minimum Gasteiger partial charge on any atom is -0.455 e. The molecule has 182 valence electrons. The summed E-state index contributed by atoms with van der Waals surface area (Å²) in [5.74, 6) is 0.0990. The maximum absolute atomic E-state index is 13.0. The molecule has 4 aliphatic carbocycles. The van der Waals surface area contributed by atoms with E-state index >= 15 is 0 Å². The van der Waals surface area contributed by atoms with Gasteiger partial charge in [-0.3, -0.25) is 9.59 Å². The number of ether oxygens (including phenoxy) is 1. The third-order valence-corrected chi connectivity index (χ3v) is 10.2. The summed E-state index contributed by atoms with van der Waals surface area (Å²) in [6, 6.07) is 4.76. The van der Waals surface area contributed by atoms with E-state index in [9.17, 15) is 18.0 Å². The zero-order valence-corrected chi connectivity index (χ0v) is 21.1. The molecule has 33 heavy (non-hydrogen) atoms. The Hall–Kier alpha value is -1.64. The maximum Gasteiger partial charge on any atom is 0.312 e. The van der Waals surface area contributed by atoms with Crippen LogP contribution >= 0.6 is 11.6 Å². The number of nitrogens with zero attached hydrogens (tertiary/aromatic N) is 1. The fourth-order valence-electron chi connectivity index (χ4n) is 6.53. The van der Waals surface area contributed by atoms with Gasteiger partial charge in [-0.25, -0.2) is 8.42 Å². The van der Waals surface area contributed by atoms with Crippen LogP contribution in [0.2, 0.25) is 0 Å². The molecule has 1 N–H and O–H groups in total. The van der Waals surface area contributed by atoms with Crippen molar-refractivity contribution in [1.29, 1.82) is 0 Å². The van der Waals surface area contributed by atoms with Crippen molar-refractivity contribution in [1.82, 2.24) is 4.31 Å². The number of carbonyl (C=O) groups is 2. The second kappa shape index (κ2) is 8.86. The van der Waals surface area contributed by atoms with Crippen LogP contribution in [0.25, 0.3) is 0 Å². The fourth-order valence-corrected chi connectivity index (χ4v) is 8.93. The molecule has 7 nitrogen and oxygen atoms in total. The number of esters is 1. The zero-order valence-electron chi connectivity index (χ0n) is 19.5. The third-order valence-electron chi connectivity index (χ3n) is 7.55. The first kappa shape index (κ1) is 24.5. The molecule has 0 heterocycles. The van der Waals surface area contributed by atoms with Gasteiger partial charge in [0.2, 0.25) is 10.0 Å². The number of hydrogen-bond acceptors (Lipinski definition) is 5. The summed E-state index contributed by atoms with van der Waals surface area (Å²) < 4.78 is 32.7. The lowest BCUT2D eigenvalue weighted by Gasteiger charge is -2.58. The Balaban J connectivity index is 1.40. The van der Waals surface area contributed by atoms with Gasteiger partial charge in [0, 0.05) is 23.7 Å². The molecule has 1 aromatic carbocycles. The lowest BCUT2D eigenvalue weighted by molar-refractivity contribution is -0.171. The second-order valence-electron chi connectivity index (χ2n) is 10.1. The molecule has 2 atom stereocenters. The summed E-state index contributed by atoms with van der Waals surface area (Å²) in [6.07, 6.45) is 5.28. The number of alkyl halides is 1. The Morgan fingerprint density at radius 2 is 1.79 bits per heavy atom. The highest BCUT2D eigenvalue weighted by molar-refractivity contribution is 7.89. The first-order valence-electron chi connectivity index (χ1n) is 11.8. The van der Waals surface area contributed by atoms with Gasteiger partial charge in [-0.05, 0) is 75.0 Å². The number of halogens is 1. The lowest BCUT2D eigenvalue weighted by Crippen LogP contribution is -2.56. The second-order valence-corrected chi connectivity index (χ2v) is 12.8. The maximum atomic E-state index is 13.0. The number of aryl methyl sites for hydroxylation is 1. The van der Waals surface area contributed by atoms with Crippen LogP contribution in [0, 0.1) is 24.2 Å². The van der Waals surface area contributed by atoms with Crippen LogP contribution in [0.3, 0.4) is 0 Å². The van der Waals surface area contributed by atoms with Crippen LogP contribution in [-0.4, -0.2) is 49.2 Å². The van der Waals surface area contributed by atoms with Crippen molar-refractivity contribution in [2.24, 2.45) is 17.3 Å². The van der Waals surface area contributed by atoms with Gasteiger partial charge in [0.25, 0.3) is 5.91 Å². The van der Waals surface area contributed by atoms with Crippen molar-refractivity contribution < 1.29 is 22.7 Å². The van der Waals surface area contributed by atoms with Crippen molar-refractivity contribution in [3.8, 4) is 0 Å². The minimum absolute atomic E-state index is 0.155. The van der Waals surface area contributed by atoms with Crippen LogP contribution in [-0.2, 0) is 24.3 Å². The molecule has 5 rings (SSSR count). The van der Waals surface area contributed by atoms with Crippen LogP contribution in [0.5, 0.6) is 0 Å². The quantitative estimate of drug-likeness (QED) is 0.432. The molecule has 0 spiro atoms. The topological polar surface area (TPSA) is 92.8 Å². The van der Waals surface area contributed by atoms with Crippen LogP contribution < -0.4 is 5.32 Å². The summed E-state index contributed by atoms with van der Waals surface area (Å²) in [4.78, 5) is 25.4. The van der Waals surface area contributed by atoms with E-state index in [-0.39, 0.29) is 15.7 Å². The molecule has 4 fully saturated rings. The number of rotatable bonds is 8. The molecular formula is C24H33ClN2O5S. The summed E-state index contributed by atoms with van der Waals surface area (Å²) in [5, 5.41) is 2.67. The van der Waals surface area contributed by atoms with E-state index in [4.69, 9.17) is 16.3 Å². The first-order valence-corrected chi connectivity index (χ1v) is 13.6. The van der Waals surface area contributed by atoms with E-state index in [2.05, 4.69) is 5.32 Å². The van der Waals surface area contributed by atoms with Crippen molar-refractivity contribution >= 4 is 39.2 Å². The van der Waals surface area contributed by atoms with Gasteiger partial charge in [0.05, 0.1) is 10.3 Å². The lowest BCUT2D eigenvalue weighted by atomic mass is 9.49. The third kappa shape index (κ3) is 4.66. The summed E-state index contributed by atoms with van der Waals surface area (Å²) >= 11 is 6.80. The van der Waals surface area contributed by atoms with Crippen molar-refractivity contribution in [3.05, 3.63) is 23.8 Å². The zero-order chi connectivity index (χ0) is 24.0. The summed E-state index contributed by atoms with van der Waals surface area (Å²) in [7, 11) is -3.66. The van der Waals surface area contributed by atoms with Crippen molar-refractivity contribution in [3.63, 3.8) is 0 Å². The van der Waals surface area contributed by atoms with E-state index in [0.29, 0.717) is 42.6 Å². The predicted molar refractivity (Wildman–Crippen MR) is 127 cm³/mol. The Morgan fingerprint density at radius 1 is 1.15 bits per heavy atom. The number of nitrogens with one attached hydrogen (secondary N) is 1. The van der Waals surface area contributed by atoms with Gasteiger partial charge in [-0.15, -0.1) is 11.6 Å². The Labute approximate surface area is 201 Å². The molecule has 4 aliphatic rings. The summed E-state index contributed by atoms with van der Waals surface area (Å²) in [6.45, 7) is 5.60. The van der Waals surface area contributed by atoms with Crippen LogP contribution in [0.1, 0.15) is 57.9 Å². The molecule has 0 aliphatic heterocycles. The number of hydrogen-bond donors (Lipinski definition) is 1. The van der Waals surface area contributed by atoms with Gasteiger partial charge in [-0.2, -0.15) is 4.31 Å². The Kier molecular flexibility index (Phi) is 6.57. The highest BCUT2D eigenvalue weighted by Crippen LogP contribution is 2.64. The smallest absolute Gasteiger partial charge is 0.312 e. The average molecular weight is 497 g/mol. The molecule has 0 radical (unpaired) electrons. The molecule has 0 aromatic heterocycles. The average Bonchev–Trinajstić information content (AvgIpc) is 2.72. The summed E-state index contributed by atoms with van der Waals surface area (Å²) in [5.41, 5.74) is 0.381. The van der Waals surface area contributed by atoms with Gasteiger partial charge >= 0.3 is 5.97 Å². The minimum atomic E-state index is -3.66. The van der Waals surface area contributed by atoms with Crippen LogP contribution in [0.4, 0.5) is 5.69 Å². The first-order chi connectivity index (χ1) is 15.5. The predicted octanol–water partition coefficient (Wildman–Crippen LogP) is 4.09. The molecule has 1 amide bonds. The Morgan fingerprint density at radius 3 is 2.36 bits per heavy atom. The number of amides is 1. The number of anilines is 1. The molecule has 4 saturated carbocycles. The van der Waals surface area contributed by atoms with Gasteiger partial charge < -0.3 is 10.1 Å². The van der Waals surface area contributed by atoms with E-state index in [0.717, 1.165) is 32.1 Å². The number of sulfonamides is 1. The molecular weight excluding hydrogens is 464 g/mol. The van der Waals surface area contributed by atoms with Crippen molar-refractivity contribution in [2.45, 2.75) is 69.1 Å². The molecule has 2 unspecified atom stereocenters. The normalized spacial score (nSPS) is 30.5. The highest BCUT2D eigenvalue weighted by atomic mass is 35.5. The molecule has 9 heteroatoms. The molecule has 1 aromatic rings. The van der Waals surface area contributed by atoms with Gasteiger partial charge in [-0.1, -0.05) is 19.9 Å². The number of carbonyl (C=O) groups excluding carboxylic acids is 2. The molecule has 0 saturated heterocycles. The van der Waals surface area contributed by atoms with E-state index in [1.165, 1.54) is 10.4 Å². The largest absolute Gasteiger partial charge is 0.455 e. The van der Waals surface area contributed by atoms with Gasteiger partial charge in [0.1, 0.15) is 0 Å². The van der Waals surface area contributed by atoms with Gasteiger partial charge in [0.15, 0.2) is 6.61 Å². The number of benzene rings is 1. The van der Waals surface area contributed by atoms with E-state index < -0.39 is 28.0 Å². The van der Waals surface area contributed by atoms with E-state index in [1.807, 2.05) is 0 Å². The Bertz CT molecular complexity index is 1040. The monoisotopic (exact) mass is 496 g/mol. The standard InChI is InChI=1S/C24H33ClN2O5S/c1-4-27(5-2)33(30,31)20-9-19(7-6-16(20)3)26-21(28)14-32-22(29)23-10-17-8-18(11-23)13-24(25,12-17)15-23/h6-7,9,17-18H,4-5,8,10-15H2,1-3H3,(H,26,28). The SMILES string of the molecule is CCN(CC)S(=O)(=O)c1cc(NC(=O)COC(=O)C23CC4CC(CC(Cl)(C4)C2)C3)ccc1C. The van der Waals surface area contributed by atoms with E-state index in [1.54, 1.807) is 32.9 Å². The van der Waals surface area contributed by atoms with Crippen molar-refractivity contribution in [2.75, 3.05) is 25.0 Å². The van der Waals surface area contributed by atoms with Crippen LogP contribution in [0.15, 0.2) is 23.1 Å². The molecule has 4 bridgehead atoms.